The van der Waals surface area contributed by atoms with Crippen LogP contribution in [0.3, 0.4) is 0 Å². The number of aromatic nitrogens is 1. The molecule has 1 saturated heterocycles. The van der Waals surface area contributed by atoms with E-state index in [1.165, 1.54) is 19.4 Å². The van der Waals surface area contributed by atoms with Gasteiger partial charge in [0, 0.05) is 12.3 Å². The highest BCUT2D eigenvalue weighted by Gasteiger charge is 2.43. The van der Waals surface area contributed by atoms with Gasteiger partial charge in [-0.25, -0.2) is 4.98 Å². The van der Waals surface area contributed by atoms with Crippen molar-refractivity contribution in [2.45, 2.75) is 19.2 Å². The third-order valence-corrected chi connectivity index (χ3v) is 3.29. The Kier molecular flexibility index (Phi) is 4.56. The fourth-order valence-electron chi connectivity index (χ4n) is 1.67. The summed E-state index contributed by atoms with van der Waals surface area (Å²) in [5, 5.41) is 10.1. The lowest BCUT2D eigenvalue weighted by molar-refractivity contribution is -0.163. The number of oxime groups is 1. The summed E-state index contributed by atoms with van der Waals surface area (Å²) in [7, 11) is 1.26. The Bertz CT molecular complexity index is 643. The van der Waals surface area contributed by atoms with Crippen molar-refractivity contribution in [3.63, 3.8) is 0 Å². The molecule has 10 nitrogen and oxygen atoms in total. The number of nitrogens with two attached hydrogens (primary N) is 1. The first kappa shape index (κ1) is 15.7. The van der Waals surface area contributed by atoms with E-state index in [9.17, 15) is 14.4 Å². The number of anilines is 1. The molecule has 0 bridgehead atoms. The summed E-state index contributed by atoms with van der Waals surface area (Å²) < 4.78 is 4.83. The molecule has 0 radical (unpaired) electrons. The molecule has 11 heteroatoms. The van der Waals surface area contributed by atoms with Crippen molar-refractivity contribution in [2.24, 2.45) is 5.16 Å². The number of hydrogen-bond acceptors (Lipinski definition) is 9. The first-order valence-electron chi connectivity index (χ1n) is 6.03. The summed E-state index contributed by atoms with van der Waals surface area (Å²) in [5.41, 5.74) is 5.58. The van der Waals surface area contributed by atoms with Gasteiger partial charge in [0.25, 0.3) is 11.8 Å². The summed E-state index contributed by atoms with van der Waals surface area (Å²) in [6.45, 7) is 1.19. The minimum absolute atomic E-state index is 0.142. The molecule has 0 spiro atoms. The molecule has 1 aliphatic heterocycles. The molecule has 0 saturated carbocycles. The van der Waals surface area contributed by atoms with Gasteiger partial charge in [-0.15, -0.1) is 11.3 Å². The number of ether oxygens (including phenoxy) is 1. The minimum atomic E-state index is -1.01. The van der Waals surface area contributed by atoms with Gasteiger partial charge in [-0.1, -0.05) is 5.16 Å². The Balaban J connectivity index is 2.10. The number of esters is 1. The Morgan fingerprint density at radius 2 is 2.27 bits per heavy atom. The SMILES string of the molecule is CO/N=C(\C(=O)N[C@@H]1C(=O)N[C@H]1OC(C)=O)c1csc(N)n1. The van der Waals surface area contributed by atoms with Crippen molar-refractivity contribution in [1.29, 1.82) is 0 Å². The molecule has 0 aromatic carbocycles. The molecule has 2 atom stereocenters. The van der Waals surface area contributed by atoms with E-state index in [4.69, 9.17) is 10.5 Å². The predicted molar refractivity (Wildman–Crippen MR) is 75.7 cm³/mol. The van der Waals surface area contributed by atoms with Crippen LogP contribution < -0.4 is 16.4 Å². The molecule has 118 valence electrons. The zero-order valence-corrected chi connectivity index (χ0v) is 12.5. The molecular weight excluding hydrogens is 314 g/mol. The monoisotopic (exact) mass is 327 g/mol. The van der Waals surface area contributed by atoms with Crippen molar-refractivity contribution >= 4 is 40.0 Å². The molecule has 2 amide bonds. The second kappa shape index (κ2) is 6.39. The lowest BCUT2D eigenvalue weighted by atomic mass is 10.1. The largest absolute Gasteiger partial charge is 0.439 e. The Labute approximate surface area is 128 Å². The van der Waals surface area contributed by atoms with Crippen LogP contribution in [0.25, 0.3) is 0 Å². The third-order valence-electron chi connectivity index (χ3n) is 2.61. The molecule has 2 heterocycles. The second-order valence-corrected chi connectivity index (χ2v) is 5.07. The van der Waals surface area contributed by atoms with Crippen molar-refractivity contribution in [3.8, 4) is 0 Å². The molecule has 1 fully saturated rings. The second-order valence-electron chi connectivity index (χ2n) is 4.18. The van der Waals surface area contributed by atoms with Gasteiger partial charge in [0.15, 0.2) is 16.9 Å². The maximum atomic E-state index is 12.2. The van der Waals surface area contributed by atoms with E-state index < -0.39 is 30.1 Å². The highest BCUT2D eigenvalue weighted by molar-refractivity contribution is 7.13. The van der Waals surface area contributed by atoms with Crippen molar-refractivity contribution < 1.29 is 24.0 Å². The topological polar surface area (TPSA) is 145 Å². The molecule has 0 aliphatic carbocycles. The maximum absolute atomic E-state index is 12.2. The van der Waals surface area contributed by atoms with Gasteiger partial charge in [0.05, 0.1) is 0 Å². The molecule has 1 aromatic rings. The van der Waals surface area contributed by atoms with Crippen molar-refractivity contribution in [2.75, 3.05) is 12.8 Å². The minimum Gasteiger partial charge on any atom is -0.439 e. The Morgan fingerprint density at radius 1 is 1.55 bits per heavy atom. The van der Waals surface area contributed by atoms with E-state index in [0.29, 0.717) is 0 Å². The number of amides is 2. The molecule has 4 N–H and O–H groups in total. The van der Waals surface area contributed by atoms with Crippen molar-refractivity contribution in [1.82, 2.24) is 15.6 Å². The van der Waals surface area contributed by atoms with E-state index in [1.54, 1.807) is 0 Å². The number of rotatable bonds is 5. The summed E-state index contributed by atoms with van der Waals surface area (Å²) >= 11 is 1.13. The summed E-state index contributed by atoms with van der Waals surface area (Å²) in [4.78, 5) is 43.1. The van der Waals surface area contributed by atoms with E-state index in [-0.39, 0.29) is 16.5 Å². The molecule has 1 aromatic heterocycles. The number of hydrogen-bond donors (Lipinski definition) is 3. The van der Waals surface area contributed by atoms with Crippen LogP contribution in [0.15, 0.2) is 10.5 Å². The fraction of sp³-hybridized carbons (Fsp3) is 0.364. The normalized spacial score (nSPS) is 20.6. The van der Waals surface area contributed by atoms with Gasteiger partial charge in [0.2, 0.25) is 6.23 Å². The van der Waals surface area contributed by atoms with Crippen LogP contribution in [-0.4, -0.2) is 47.9 Å². The highest BCUT2D eigenvalue weighted by atomic mass is 32.1. The smallest absolute Gasteiger partial charge is 0.304 e. The summed E-state index contributed by atoms with van der Waals surface area (Å²) in [6.07, 6.45) is -0.918. The zero-order valence-electron chi connectivity index (χ0n) is 11.7. The van der Waals surface area contributed by atoms with E-state index in [0.717, 1.165) is 11.3 Å². The van der Waals surface area contributed by atoms with Gasteiger partial charge in [-0.3, -0.25) is 14.4 Å². The van der Waals surface area contributed by atoms with E-state index in [2.05, 4.69) is 25.6 Å². The van der Waals surface area contributed by atoms with Gasteiger partial charge in [0.1, 0.15) is 12.8 Å². The number of nitrogens with one attached hydrogen (secondary N) is 2. The number of β-lactam (4-membered cyclic amide) rings is 1. The van der Waals surface area contributed by atoms with E-state index >= 15 is 0 Å². The van der Waals surface area contributed by atoms with Crippen LogP contribution in [-0.2, 0) is 24.0 Å². The quantitative estimate of drug-likeness (QED) is 0.260. The van der Waals surface area contributed by atoms with Crippen LogP contribution in [0.2, 0.25) is 0 Å². The van der Waals surface area contributed by atoms with Crippen molar-refractivity contribution in [3.05, 3.63) is 11.1 Å². The molecule has 0 unspecified atom stereocenters. The standard InChI is InChI=1S/C11H13N5O5S/c1-4(17)21-10-7(9(19)15-10)14-8(18)6(16-20-2)5-3-22-11(12)13-5/h3,7,10H,1-2H3,(H2,12,13)(H,14,18)(H,15,19)/b16-6-/t7-,10+/m1/s1. The zero-order chi connectivity index (χ0) is 16.3. The Morgan fingerprint density at radius 3 is 2.77 bits per heavy atom. The first-order chi connectivity index (χ1) is 10.4. The number of carbonyl (C=O) groups excluding carboxylic acids is 3. The van der Waals surface area contributed by atoms with Gasteiger partial charge < -0.3 is 25.9 Å². The van der Waals surface area contributed by atoms with Gasteiger partial charge >= 0.3 is 5.97 Å². The molecule has 2 rings (SSSR count). The lowest BCUT2D eigenvalue weighted by Crippen LogP contribution is -2.70. The number of nitrogen functional groups attached to an aromatic ring is 1. The molecular formula is C11H13N5O5S. The summed E-state index contributed by atoms with van der Waals surface area (Å²) in [6, 6.07) is -1.01. The van der Waals surface area contributed by atoms with Crippen LogP contribution in [0.5, 0.6) is 0 Å². The van der Waals surface area contributed by atoms with Gasteiger partial charge in [-0.2, -0.15) is 0 Å². The van der Waals surface area contributed by atoms with Crippen LogP contribution >= 0.6 is 11.3 Å². The number of thiazole rings is 1. The maximum Gasteiger partial charge on any atom is 0.304 e. The predicted octanol–water partition coefficient (Wildman–Crippen LogP) is -1.42. The average Bonchev–Trinajstić information content (AvgIpc) is 2.87. The van der Waals surface area contributed by atoms with E-state index in [1.807, 2.05) is 0 Å². The molecule has 22 heavy (non-hydrogen) atoms. The van der Waals surface area contributed by atoms with Crippen LogP contribution in [0, 0.1) is 0 Å². The summed E-state index contributed by atoms with van der Waals surface area (Å²) in [5.74, 6) is -1.76. The average molecular weight is 327 g/mol. The highest BCUT2D eigenvalue weighted by Crippen LogP contribution is 2.13. The third kappa shape index (κ3) is 3.31. The van der Waals surface area contributed by atoms with Crippen LogP contribution in [0.1, 0.15) is 12.6 Å². The van der Waals surface area contributed by atoms with Gasteiger partial charge in [-0.05, 0) is 0 Å². The lowest BCUT2D eigenvalue weighted by Gasteiger charge is -2.35. The fourth-order valence-corrected chi connectivity index (χ4v) is 2.22. The molecule has 1 aliphatic rings. The van der Waals surface area contributed by atoms with Crippen LogP contribution in [0.4, 0.5) is 5.13 Å². The first-order valence-corrected chi connectivity index (χ1v) is 6.91. The number of nitrogens with zero attached hydrogens (tertiary/aromatic N) is 2. The Hall–Kier alpha value is -2.69. The number of carbonyl (C=O) groups is 3.